The fourth-order valence-electron chi connectivity index (χ4n) is 1.43. The zero-order chi connectivity index (χ0) is 14.1. The van der Waals surface area contributed by atoms with E-state index in [1.165, 1.54) is 19.1 Å². The summed E-state index contributed by atoms with van der Waals surface area (Å²) in [6, 6.07) is 2.44. The summed E-state index contributed by atoms with van der Waals surface area (Å²) in [5, 5.41) is -0.211. The number of ether oxygens (including phenoxy) is 1. The third-order valence-corrected chi connectivity index (χ3v) is 3.80. The Morgan fingerprint density at radius 2 is 1.83 bits per heavy atom. The fourth-order valence-corrected chi connectivity index (χ4v) is 2.73. The molecule has 0 aliphatic heterocycles. The van der Waals surface area contributed by atoms with Crippen LogP contribution in [0.25, 0.3) is 0 Å². The lowest BCUT2D eigenvalue weighted by Crippen LogP contribution is -2.12. The van der Waals surface area contributed by atoms with Crippen LogP contribution in [0.1, 0.15) is 27.6 Å². The van der Waals surface area contributed by atoms with Crippen molar-refractivity contribution in [3.05, 3.63) is 28.3 Å². The van der Waals surface area contributed by atoms with E-state index in [9.17, 15) is 18.0 Å². The van der Waals surface area contributed by atoms with E-state index >= 15 is 0 Å². The summed E-state index contributed by atoms with van der Waals surface area (Å²) in [5.41, 5.74) is -0.237. The quantitative estimate of drug-likeness (QED) is 0.626. The van der Waals surface area contributed by atoms with E-state index in [1.807, 2.05) is 0 Å². The van der Waals surface area contributed by atoms with Gasteiger partial charge >= 0.3 is 5.97 Å². The van der Waals surface area contributed by atoms with Crippen LogP contribution >= 0.6 is 11.6 Å². The Hall–Kier alpha value is -1.40. The molecule has 0 aliphatic carbocycles. The molecular formula is C11H11ClO5S. The summed E-state index contributed by atoms with van der Waals surface area (Å²) in [6.07, 6.45) is 0.943. The Kier molecular flexibility index (Phi) is 4.13. The number of sulfone groups is 1. The van der Waals surface area contributed by atoms with Gasteiger partial charge in [-0.1, -0.05) is 11.6 Å². The summed E-state index contributed by atoms with van der Waals surface area (Å²) in [5.74, 6) is -1.27. The summed E-state index contributed by atoms with van der Waals surface area (Å²) in [7, 11) is -2.55. The molecule has 7 heteroatoms. The van der Waals surface area contributed by atoms with Crippen molar-refractivity contribution in [1.29, 1.82) is 0 Å². The van der Waals surface area contributed by atoms with Crippen molar-refractivity contribution in [2.75, 3.05) is 13.4 Å². The first-order chi connectivity index (χ1) is 8.20. The lowest BCUT2D eigenvalue weighted by Gasteiger charge is -2.10. The highest BCUT2D eigenvalue weighted by molar-refractivity contribution is 7.90. The van der Waals surface area contributed by atoms with Crippen LogP contribution in [-0.4, -0.2) is 33.5 Å². The van der Waals surface area contributed by atoms with Gasteiger partial charge in [-0.25, -0.2) is 13.2 Å². The number of methoxy groups -OCH3 is 1. The molecule has 1 aromatic rings. The Balaban J connectivity index is 3.73. The third-order valence-electron chi connectivity index (χ3n) is 2.27. The molecule has 0 saturated carbocycles. The maximum absolute atomic E-state index is 11.6. The van der Waals surface area contributed by atoms with E-state index in [0.717, 1.165) is 13.4 Å². The number of Topliss-reactive ketones (excluding diaryl/α,β-unsaturated/α-hetero) is 1. The number of benzene rings is 1. The normalized spacial score (nSPS) is 11.1. The minimum absolute atomic E-state index is 0.0736. The summed E-state index contributed by atoms with van der Waals surface area (Å²) in [4.78, 5) is 22.6. The number of ketones is 1. The van der Waals surface area contributed by atoms with E-state index in [-0.39, 0.29) is 26.8 Å². The van der Waals surface area contributed by atoms with Gasteiger partial charge in [0.15, 0.2) is 15.6 Å². The van der Waals surface area contributed by atoms with Gasteiger partial charge in [0.25, 0.3) is 0 Å². The van der Waals surface area contributed by atoms with E-state index in [2.05, 4.69) is 4.74 Å². The molecule has 0 aromatic heterocycles. The zero-order valence-electron chi connectivity index (χ0n) is 9.98. The Morgan fingerprint density at radius 3 is 2.22 bits per heavy atom. The van der Waals surface area contributed by atoms with Crippen molar-refractivity contribution in [1.82, 2.24) is 0 Å². The van der Waals surface area contributed by atoms with Crippen LogP contribution < -0.4 is 0 Å². The van der Waals surface area contributed by atoms with Crippen LogP contribution in [0.4, 0.5) is 0 Å². The van der Waals surface area contributed by atoms with Crippen molar-refractivity contribution >= 4 is 33.2 Å². The molecule has 0 atom stereocenters. The molecule has 1 aromatic carbocycles. The molecule has 1 rings (SSSR count). The largest absolute Gasteiger partial charge is 0.465 e. The van der Waals surface area contributed by atoms with Crippen molar-refractivity contribution in [2.45, 2.75) is 11.8 Å². The van der Waals surface area contributed by atoms with E-state index < -0.39 is 15.8 Å². The van der Waals surface area contributed by atoms with Crippen LogP contribution in [-0.2, 0) is 14.6 Å². The second-order valence-corrected chi connectivity index (χ2v) is 5.98. The lowest BCUT2D eigenvalue weighted by atomic mass is 10.1. The van der Waals surface area contributed by atoms with Crippen LogP contribution in [0.5, 0.6) is 0 Å². The molecule has 98 valence electrons. The van der Waals surface area contributed by atoms with Crippen LogP contribution in [0, 0.1) is 0 Å². The van der Waals surface area contributed by atoms with Crippen molar-refractivity contribution < 1.29 is 22.7 Å². The summed E-state index contributed by atoms with van der Waals surface area (Å²) < 4.78 is 27.6. The third kappa shape index (κ3) is 2.70. The van der Waals surface area contributed by atoms with Gasteiger partial charge in [0.05, 0.1) is 22.6 Å². The molecular weight excluding hydrogens is 280 g/mol. The van der Waals surface area contributed by atoms with Crippen molar-refractivity contribution in [2.24, 2.45) is 0 Å². The Bertz CT molecular complexity index is 619. The number of hydrogen-bond donors (Lipinski definition) is 0. The Morgan fingerprint density at radius 1 is 1.28 bits per heavy atom. The average Bonchev–Trinajstić information content (AvgIpc) is 2.25. The SMILES string of the molecule is COC(=O)c1c(S(C)(=O)=O)ccc(C(C)=O)c1Cl. The first kappa shape index (κ1) is 14.7. The van der Waals surface area contributed by atoms with E-state index in [0.29, 0.717) is 0 Å². The summed E-state index contributed by atoms with van der Waals surface area (Å²) in [6.45, 7) is 1.27. The van der Waals surface area contributed by atoms with Gasteiger partial charge in [0, 0.05) is 11.8 Å². The summed E-state index contributed by atoms with van der Waals surface area (Å²) >= 11 is 5.90. The molecule has 0 N–H and O–H groups in total. The topological polar surface area (TPSA) is 77.5 Å². The molecule has 0 heterocycles. The van der Waals surface area contributed by atoms with Gasteiger partial charge < -0.3 is 4.74 Å². The highest BCUT2D eigenvalue weighted by Gasteiger charge is 2.25. The van der Waals surface area contributed by atoms with Gasteiger partial charge in [0.1, 0.15) is 0 Å². The number of rotatable bonds is 3. The minimum atomic E-state index is -3.65. The molecule has 0 radical (unpaired) electrons. The van der Waals surface area contributed by atoms with Crippen molar-refractivity contribution in [3.8, 4) is 0 Å². The second-order valence-electron chi connectivity index (χ2n) is 3.62. The predicted octanol–water partition coefficient (Wildman–Crippen LogP) is 1.73. The van der Waals surface area contributed by atoms with Gasteiger partial charge in [-0.2, -0.15) is 0 Å². The molecule has 0 spiro atoms. The van der Waals surface area contributed by atoms with Gasteiger partial charge in [0.2, 0.25) is 0 Å². The van der Waals surface area contributed by atoms with Gasteiger partial charge in [-0.15, -0.1) is 0 Å². The van der Waals surface area contributed by atoms with Crippen LogP contribution in [0.2, 0.25) is 5.02 Å². The van der Waals surface area contributed by atoms with Gasteiger partial charge in [-0.3, -0.25) is 4.79 Å². The maximum atomic E-state index is 11.6. The molecule has 5 nitrogen and oxygen atoms in total. The number of hydrogen-bond acceptors (Lipinski definition) is 5. The fraction of sp³-hybridized carbons (Fsp3) is 0.273. The lowest BCUT2D eigenvalue weighted by molar-refractivity contribution is 0.0596. The molecule has 0 saturated heterocycles. The standard InChI is InChI=1S/C11H11ClO5S/c1-6(13)7-4-5-8(18(3,15)16)9(10(7)12)11(14)17-2/h4-5H,1-3H3. The maximum Gasteiger partial charge on any atom is 0.340 e. The number of carbonyl (C=O) groups excluding carboxylic acids is 2. The number of carbonyl (C=O) groups is 2. The van der Waals surface area contributed by atoms with E-state index in [1.54, 1.807) is 0 Å². The van der Waals surface area contributed by atoms with Crippen LogP contribution in [0.3, 0.4) is 0 Å². The predicted molar refractivity (Wildman–Crippen MR) is 65.9 cm³/mol. The molecule has 0 fully saturated rings. The first-order valence-corrected chi connectivity index (χ1v) is 7.09. The number of halogens is 1. The molecule has 0 bridgehead atoms. The first-order valence-electron chi connectivity index (χ1n) is 4.82. The molecule has 18 heavy (non-hydrogen) atoms. The highest BCUT2D eigenvalue weighted by Crippen LogP contribution is 2.28. The second kappa shape index (κ2) is 5.07. The van der Waals surface area contributed by atoms with Gasteiger partial charge in [-0.05, 0) is 19.1 Å². The Labute approximate surface area is 110 Å². The molecule has 0 amide bonds. The monoisotopic (exact) mass is 290 g/mol. The van der Waals surface area contributed by atoms with Crippen molar-refractivity contribution in [3.63, 3.8) is 0 Å². The average molecular weight is 291 g/mol. The smallest absolute Gasteiger partial charge is 0.340 e. The van der Waals surface area contributed by atoms with Crippen LogP contribution in [0.15, 0.2) is 17.0 Å². The zero-order valence-corrected chi connectivity index (χ0v) is 11.6. The number of esters is 1. The highest BCUT2D eigenvalue weighted by atomic mass is 35.5. The van der Waals surface area contributed by atoms with E-state index in [4.69, 9.17) is 11.6 Å². The molecule has 0 aliphatic rings. The minimum Gasteiger partial charge on any atom is -0.465 e. The molecule has 0 unspecified atom stereocenters.